The van der Waals surface area contributed by atoms with E-state index in [4.69, 9.17) is 15.0 Å². The number of aliphatic carboxylic acids is 2. The standard InChI is InChI=1S/C15H24FN3O2.C2HF3O2/c1-11(2)19-8-5-13(18-19)9-17-10-15(16)6-3-12(4-7-15)14(20)21;3-2(4,5)1(6)7/h5,8,11-12,17H,3-4,6-7,9-10H2,1-2H3,(H,20,21);(H,6,7). The second-order valence-electron chi connectivity index (χ2n) is 7.05. The van der Waals surface area contributed by atoms with E-state index in [-0.39, 0.29) is 12.5 Å². The van der Waals surface area contributed by atoms with Gasteiger partial charge in [0.05, 0.1) is 11.6 Å². The number of hydrogen-bond donors (Lipinski definition) is 3. The van der Waals surface area contributed by atoms with Gasteiger partial charge in [-0.1, -0.05) is 0 Å². The van der Waals surface area contributed by atoms with Gasteiger partial charge in [0.15, 0.2) is 0 Å². The van der Waals surface area contributed by atoms with E-state index in [1.54, 1.807) is 0 Å². The first-order valence-corrected chi connectivity index (χ1v) is 8.80. The van der Waals surface area contributed by atoms with E-state index in [2.05, 4.69) is 24.3 Å². The molecule has 1 heterocycles. The molecular formula is C17H25F4N3O4. The average molecular weight is 411 g/mol. The molecule has 3 N–H and O–H groups in total. The number of carboxylic acids is 2. The van der Waals surface area contributed by atoms with Gasteiger partial charge in [-0.3, -0.25) is 9.48 Å². The van der Waals surface area contributed by atoms with Gasteiger partial charge in [-0.15, -0.1) is 0 Å². The highest BCUT2D eigenvalue weighted by Crippen LogP contribution is 2.34. The smallest absolute Gasteiger partial charge is 0.481 e. The summed E-state index contributed by atoms with van der Waals surface area (Å²) in [4.78, 5) is 19.8. The highest BCUT2D eigenvalue weighted by atomic mass is 19.4. The van der Waals surface area contributed by atoms with Crippen LogP contribution >= 0.6 is 0 Å². The fourth-order valence-electron chi connectivity index (χ4n) is 2.73. The minimum atomic E-state index is -5.08. The van der Waals surface area contributed by atoms with Crippen LogP contribution in [0.25, 0.3) is 0 Å². The number of hydrogen-bond acceptors (Lipinski definition) is 4. The highest BCUT2D eigenvalue weighted by Gasteiger charge is 2.38. The fourth-order valence-corrected chi connectivity index (χ4v) is 2.73. The summed E-state index contributed by atoms with van der Waals surface area (Å²) in [5.74, 6) is -3.94. The first-order valence-electron chi connectivity index (χ1n) is 8.80. The number of halogens is 4. The molecule has 2 rings (SSSR count). The van der Waals surface area contributed by atoms with Crippen molar-refractivity contribution >= 4 is 11.9 Å². The molecule has 1 aliphatic carbocycles. The monoisotopic (exact) mass is 411 g/mol. The Balaban J connectivity index is 0.000000480. The molecule has 1 saturated carbocycles. The number of carbonyl (C=O) groups is 2. The Labute approximate surface area is 159 Å². The number of rotatable bonds is 6. The first-order chi connectivity index (χ1) is 12.8. The molecule has 28 heavy (non-hydrogen) atoms. The van der Waals surface area contributed by atoms with E-state index in [0.29, 0.717) is 38.3 Å². The maximum atomic E-state index is 14.6. The van der Waals surface area contributed by atoms with Gasteiger partial charge in [-0.25, -0.2) is 9.18 Å². The van der Waals surface area contributed by atoms with Gasteiger partial charge in [0.1, 0.15) is 5.67 Å². The molecule has 1 aliphatic rings. The molecule has 1 aromatic rings. The summed E-state index contributed by atoms with van der Waals surface area (Å²) in [7, 11) is 0. The predicted octanol–water partition coefficient (Wildman–Crippen LogP) is 3.17. The molecule has 0 aliphatic heterocycles. The van der Waals surface area contributed by atoms with Crippen molar-refractivity contribution in [2.75, 3.05) is 6.54 Å². The Bertz CT molecular complexity index is 653. The minimum Gasteiger partial charge on any atom is -0.481 e. The van der Waals surface area contributed by atoms with Crippen molar-refractivity contribution in [2.45, 2.75) is 64.0 Å². The number of nitrogens with zero attached hydrogens (tertiary/aromatic N) is 2. The van der Waals surface area contributed by atoms with Crippen LogP contribution in [0.4, 0.5) is 17.6 Å². The summed E-state index contributed by atoms with van der Waals surface area (Å²) in [6.45, 7) is 4.91. The Hall–Kier alpha value is -2.17. The SMILES string of the molecule is CC(C)n1ccc(CNCC2(F)CCC(C(=O)O)CC2)n1.O=C(O)C(F)(F)F. The molecule has 1 aromatic heterocycles. The molecule has 0 radical (unpaired) electrons. The zero-order chi connectivity index (χ0) is 21.5. The van der Waals surface area contributed by atoms with E-state index in [1.807, 2.05) is 16.9 Å². The van der Waals surface area contributed by atoms with Gasteiger partial charge in [0.2, 0.25) is 0 Å². The van der Waals surface area contributed by atoms with Crippen molar-refractivity contribution < 1.29 is 37.4 Å². The van der Waals surface area contributed by atoms with Gasteiger partial charge in [-0.2, -0.15) is 18.3 Å². The Morgan fingerprint density at radius 2 is 1.86 bits per heavy atom. The zero-order valence-electron chi connectivity index (χ0n) is 15.7. The summed E-state index contributed by atoms with van der Waals surface area (Å²) in [5.41, 5.74) is -0.390. The van der Waals surface area contributed by atoms with Crippen molar-refractivity contribution in [3.8, 4) is 0 Å². The van der Waals surface area contributed by atoms with E-state index in [0.717, 1.165) is 5.69 Å². The lowest BCUT2D eigenvalue weighted by Crippen LogP contribution is -2.40. The Morgan fingerprint density at radius 1 is 1.32 bits per heavy atom. The van der Waals surface area contributed by atoms with Crippen molar-refractivity contribution in [3.05, 3.63) is 18.0 Å². The second kappa shape index (κ2) is 9.85. The molecule has 0 amide bonds. The summed E-state index contributed by atoms with van der Waals surface area (Å²) >= 11 is 0. The lowest BCUT2D eigenvalue weighted by molar-refractivity contribution is -0.192. The lowest BCUT2D eigenvalue weighted by Gasteiger charge is -2.32. The average Bonchev–Trinajstić information content (AvgIpc) is 3.04. The van der Waals surface area contributed by atoms with E-state index >= 15 is 0 Å². The molecule has 0 saturated heterocycles. The van der Waals surface area contributed by atoms with Crippen LogP contribution in [0.3, 0.4) is 0 Å². The van der Waals surface area contributed by atoms with Crippen LogP contribution in [0.5, 0.6) is 0 Å². The first kappa shape index (κ1) is 23.9. The summed E-state index contributed by atoms with van der Waals surface area (Å²) in [6.07, 6.45) is -1.68. The van der Waals surface area contributed by atoms with Gasteiger partial charge in [0, 0.05) is 25.3 Å². The quantitative estimate of drug-likeness (QED) is 0.621. The van der Waals surface area contributed by atoms with Crippen LogP contribution < -0.4 is 5.32 Å². The van der Waals surface area contributed by atoms with Crippen LogP contribution in [0.15, 0.2) is 12.3 Å². The Kier molecular flexibility index (Phi) is 8.40. The number of aromatic nitrogens is 2. The predicted molar refractivity (Wildman–Crippen MR) is 91.4 cm³/mol. The van der Waals surface area contributed by atoms with Crippen LogP contribution in [-0.4, -0.2) is 50.3 Å². The molecular weight excluding hydrogens is 386 g/mol. The zero-order valence-corrected chi connectivity index (χ0v) is 15.7. The van der Waals surface area contributed by atoms with E-state index in [1.165, 1.54) is 0 Å². The third kappa shape index (κ3) is 7.83. The number of carboxylic acid groups (broad SMARTS) is 2. The van der Waals surface area contributed by atoms with Crippen molar-refractivity contribution in [3.63, 3.8) is 0 Å². The topological polar surface area (TPSA) is 104 Å². The maximum absolute atomic E-state index is 14.6. The van der Waals surface area contributed by atoms with Crippen molar-refractivity contribution in [1.29, 1.82) is 0 Å². The molecule has 0 aromatic carbocycles. The number of nitrogens with one attached hydrogen (secondary N) is 1. The van der Waals surface area contributed by atoms with Crippen LogP contribution in [0.1, 0.15) is 51.3 Å². The molecule has 0 atom stereocenters. The molecule has 7 nitrogen and oxygen atoms in total. The van der Waals surface area contributed by atoms with E-state index in [9.17, 15) is 22.4 Å². The van der Waals surface area contributed by atoms with Gasteiger partial charge < -0.3 is 15.5 Å². The van der Waals surface area contributed by atoms with Crippen molar-refractivity contribution in [1.82, 2.24) is 15.1 Å². The Morgan fingerprint density at radius 3 is 2.25 bits per heavy atom. The van der Waals surface area contributed by atoms with Crippen LogP contribution in [0, 0.1) is 5.92 Å². The van der Waals surface area contributed by atoms with Gasteiger partial charge in [-0.05, 0) is 45.6 Å². The third-order valence-electron chi connectivity index (χ3n) is 4.41. The molecule has 0 spiro atoms. The molecule has 160 valence electrons. The molecule has 0 bridgehead atoms. The summed E-state index contributed by atoms with van der Waals surface area (Å²) in [6, 6.07) is 2.25. The normalized spacial score (nSPS) is 22.5. The van der Waals surface area contributed by atoms with Crippen molar-refractivity contribution in [2.24, 2.45) is 5.92 Å². The fraction of sp³-hybridized carbons (Fsp3) is 0.706. The third-order valence-corrected chi connectivity index (χ3v) is 4.41. The summed E-state index contributed by atoms with van der Waals surface area (Å²) in [5, 5.41) is 23.6. The van der Waals surface area contributed by atoms with Crippen LogP contribution in [0.2, 0.25) is 0 Å². The lowest BCUT2D eigenvalue weighted by atomic mass is 9.80. The molecule has 11 heteroatoms. The second-order valence-corrected chi connectivity index (χ2v) is 7.05. The van der Waals surface area contributed by atoms with E-state index < -0.39 is 23.8 Å². The highest BCUT2D eigenvalue weighted by molar-refractivity contribution is 5.73. The number of alkyl halides is 4. The maximum Gasteiger partial charge on any atom is 0.490 e. The largest absolute Gasteiger partial charge is 0.490 e. The van der Waals surface area contributed by atoms with Gasteiger partial charge >= 0.3 is 18.1 Å². The molecule has 0 unspecified atom stereocenters. The molecule has 1 fully saturated rings. The van der Waals surface area contributed by atoms with Crippen LogP contribution in [-0.2, 0) is 16.1 Å². The summed E-state index contributed by atoms with van der Waals surface area (Å²) < 4.78 is 48.2. The van der Waals surface area contributed by atoms with Gasteiger partial charge in [0.25, 0.3) is 0 Å². The minimum absolute atomic E-state index is 0.258.